The standard InChI is InChI=1S/C14H13N3O3/c1-9-5-7-10(8-6-9)16-14(18)11-3-2-4-12(15)13(11)17(19)20/h2-8H,15H2,1H3,(H,16,18). The number of carbonyl (C=O) groups is 1. The molecule has 0 atom stereocenters. The average Bonchev–Trinajstić information content (AvgIpc) is 2.40. The van der Waals surface area contributed by atoms with Crippen LogP contribution in [0.5, 0.6) is 0 Å². The zero-order valence-corrected chi connectivity index (χ0v) is 10.8. The fourth-order valence-corrected chi connectivity index (χ4v) is 1.78. The number of benzene rings is 2. The number of anilines is 2. The van der Waals surface area contributed by atoms with Crippen LogP contribution in [0.15, 0.2) is 42.5 Å². The van der Waals surface area contributed by atoms with Crippen molar-refractivity contribution in [2.24, 2.45) is 0 Å². The first kappa shape index (κ1) is 13.5. The SMILES string of the molecule is Cc1ccc(NC(=O)c2cccc(N)c2[N+](=O)[O-])cc1. The summed E-state index contributed by atoms with van der Waals surface area (Å²) in [5, 5.41) is 13.6. The van der Waals surface area contributed by atoms with Crippen molar-refractivity contribution in [2.75, 3.05) is 11.1 Å². The van der Waals surface area contributed by atoms with Crippen molar-refractivity contribution >= 4 is 23.0 Å². The summed E-state index contributed by atoms with van der Waals surface area (Å²) >= 11 is 0. The quantitative estimate of drug-likeness (QED) is 0.509. The van der Waals surface area contributed by atoms with Crippen LogP contribution >= 0.6 is 0 Å². The molecule has 2 aromatic carbocycles. The Kier molecular flexibility index (Phi) is 3.65. The molecule has 0 unspecified atom stereocenters. The summed E-state index contributed by atoms with van der Waals surface area (Å²) in [6.45, 7) is 1.92. The molecule has 6 heteroatoms. The van der Waals surface area contributed by atoms with Gasteiger partial charge >= 0.3 is 5.69 Å². The van der Waals surface area contributed by atoms with E-state index < -0.39 is 10.8 Å². The lowest BCUT2D eigenvalue weighted by Crippen LogP contribution is -2.14. The lowest BCUT2D eigenvalue weighted by Gasteiger charge is -2.07. The number of amides is 1. The summed E-state index contributed by atoms with van der Waals surface area (Å²) in [5.41, 5.74) is 6.70. The summed E-state index contributed by atoms with van der Waals surface area (Å²) in [4.78, 5) is 22.4. The largest absolute Gasteiger partial charge is 0.393 e. The first-order valence-corrected chi connectivity index (χ1v) is 5.90. The molecule has 6 nitrogen and oxygen atoms in total. The van der Waals surface area contributed by atoms with Crippen LogP contribution in [0.25, 0.3) is 0 Å². The molecule has 2 aromatic rings. The highest BCUT2D eigenvalue weighted by Crippen LogP contribution is 2.26. The van der Waals surface area contributed by atoms with Gasteiger partial charge in [0.2, 0.25) is 0 Å². The van der Waals surface area contributed by atoms with Gasteiger partial charge in [0.1, 0.15) is 11.3 Å². The minimum absolute atomic E-state index is 0.0356. The molecule has 0 saturated heterocycles. The van der Waals surface area contributed by atoms with Crippen molar-refractivity contribution in [1.82, 2.24) is 0 Å². The predicted octanol–water partition coefficient (Wildman–Crippen LogP) is 2.74. The van der Waals surface area contributed by atoms with Gasteiger partial charge in [0.25, 0.3) is 5.91 Å². The Morgan fingerprint density at radius 3 is 2.45 bits per heavy atom. The zero-order valence-electron chi connectivity index (χ0n) is 10.8. The lowest BCUT2D eigenvalue weighted by molar-refractivity contribution is -0.384. The van der Waals surface area contributed by atoms with E-state index in [4.69, 9.17) is 5.73 Å². The highest BCUT2D eigenvalue weighted by molar-refractivity contribution is 6.08. The Morgan fingerprint density at radius 2 is 1.85 bits per heavy atom. The maximum absolute atomic E-state index is 12.1. The fourth-order valence-electron chi connectivity index (χ4n) is 1.78. The van der Waals surface area contributed by atoms with Gasteiger partial charge in [-0.2, -0.15) is 0 Å². The summed E-state index contributed by atoms with van der Waals surface area (Å²) in [5.74, 6) is -0.562. The molecule has 1 amide bonds. The molecular formula is C14H13N3O3. The van der Waals surface area contributed by atoms with E-state index in [9.17, 15) is 14.9 Å². The molecule has 20 heavy (non-hydrogen) atoms. The summed E-state index contributed by atoms with van der Waals surface area (Å²) < 4.78 is 0. The molecule has 0 aliphatic carbocycles. The number of hydrogen-bond donors (Lipinski definition) is 2. The summed E-state index contributed by atoms with van der Waals surface area (Å²) in [6.07, 6.45) is 0. The van der Waals surface area contributed by atoms with Gasteiger partial charge in [0.15, 0.2) is 0 Å². The second kappa shape index (κ2) is 5.40. The average molecular weight is 271 g/mol. The topological polar surface area (TPSA) is 98.3 Å². The van der Waals surface area contributed by atoms with Gasteiger partial charge < -0.3 is 11.1 Å². The smallest absolute Gasteiger partial charge is 0.304 e. The van der Waals surface area contributed by atoms with Crippen LogP contribution in [0, 0.1) is 17.0 Å². The van der Waals surface area contributed by atoms with E-state index in [0.29, 0.717) is 5.69 Å². The minimum Gasteiger partial charge on any atom is -0.393 e. The molecule has 2 rings (SSSR count). The third kappa shape index (κ3) is 2.74. The Bertz CT molecular complexity index is 666. The van der Waals surface area contributed by atoms with E-state index in [0.717, 1.165) is 5.56 Å². The maximum Gasteiger partial charge on any atom is 0.304 e. The van der Waals surface area contributed by atoms with Gasteiger partial charge in [-0.3, -0.25) is 14.9 Å². The Balaban J connectivity index is 2.32. The molecular weight excluding hydrogens is 258 g/mol. The van der Waals surface area contributed by atoms with Crippen molar-refractivity contribution in [1.29, 1.82) is 0 Å². The number of nitrogens with zero attached hydrogens (tertiary/aromatic N) is 1. The first-order chi connectivity index (χ1) is 9.49. The minimum atomic E-state index is -0.653. The summed E-state index contributed by atoms with van der Waals surface area (Å²) in [7, 11) is 0. The van der Waals surface area contributed by atoms with Crippen LogP contribution in [-0.4, -0.2) is 10.8 Å². The van der Waals surface area contributed by atoms with Gasteiger partial charge in [0, 0.05) is 5.69 Å². The molecule has 0 bridgehead atoms. The number of nitrogen functional groups attached to an aromatic ring is 1. The molecule has 0 spiro atoms. The lowest BCUT2D eigenvalue weighted by atomic mass is 10.1. The molecule has 0 heterocycles. The van der Waals surface area contributed by atoms with E-state index in [1.54, 1.807) is 12.1 Å². The number of nitrogens with one attached hydrogen (secondary N) is 1. The van der Waals surface area contributed by atoms with E-state index in [2.05, 4.69) is 5.32 Å². The number of nitro groups is 1. The number of carbonyl (C=O) groups excluding carboxylic acids is 1. The van der Waals surface area contributed by atoms with Crippen LogP contribution in [0.4, 0.5) is 17.1 Å². The molecule has 0 saturated carbocycles. The molecule has 0 aliphatic rings. The third-order valence-corrected chi connectivity index (χ3v) is 2.80. The number of para-hydroxylation sites is 1. The van der Waals surface area contributed by atoms with E-state index in [-0.39, 0.29) is 16.9 Å². The zero-order chi connectivity index (χ0) is 14.7. The van der Waals surface area contributed by atoms with Crippen LogP contribution in [-0.2, 0) is 0 Å². The van der Waals surface area contributed by atoms with Crippen LogP contribution in [0.1, 0.15) is 15.9 Å². The highest BCUT2D eigenvalue weighted by atomic mass is 16.6. The number of nitrogens with two attached hydrogens (primary N) is 1. The van der Waals surface area contributed by atoms with Crippen molar-refractivity contribution in [2.45, 2.75) is 6.92 Å². The second-order valence-corrected chi connectivity index (χ2v) is 4.32. The van der Waals surface area contributed by atoms with Crippen molar-refractivity contribution in [3.8, 4) is 0 Å². The third-order valence-electron chi connectivity index (χ3n) is 2.80. The number of hydrogen-bond acceptors (Lipinski definition) is 4. The van der Waals surface area contributed by atoms with Gasteiger partial charge in [-0.15, -0.1) is 0 Å². The van der Waals surface area contributed by atoms with Gasteiger partial charge in [-0.25, -0.2) is 0 Å². The van der Waals surface area contributed by atoms with Gasteiger partial charge in [-0.05, 0) is 31.2 Å². The normalized spacial score (nSPS) is 10.1. The number of rotatable bonds is 3. The molecule has 0 aliphatic heterocycles. The van der Waals surface area contributed by atoms with E-state index >= 15 is 0 Å². The first-order valence-electron chi connectivity index (χ1n) is 5.90. The fraction of sp³-hybridized carbons (Fsp3) is 0.0714. The van der Waals surface area contributed by atoms with Crippen LogP contribution < -0.4 is 11.1 Å². The highest BCUT2D eigenvalue weighted by Gasteiger charge is 2.23. The Morgan fingerprint density at radius 1 is 1.20 bits per heavy atom. The second-order valence-electron chi connectivity index (χ2n) is 4.32. The van der Waals surface area contributed by atoms with Crippen LogP contribution in [0.3, 0.4) is 0 Å². The van der Waals surface area contributed by atoms with Gasteiger partial charge in [0.05, 0.1) is 4.92 Å². The number of nitro benzene ring substituents is 1. The molecule has 0 aromatic heterocycles. The molecule has 0 radical (unpaired) electrons. The monoisotopic (exact) mass is 271 g/mol. The van der Waals surface area contributed by atoms with Crippen molar-refractivity contribution in [3.63, 3.8) is 0 Å². The molecule has 0 fully saturated rings. The van der Waals surface area contributed by atoms with E-state index in [1.165, 1.54) is 18.2 Å². The van der Waals surface area contributed by atoms with Crippen LogP contribution in [0.2, 0.25) is 0 Å². The van der Waals surface area contributed by atoms with E-state index in [1.807, 2.05) is 19.1 Å². The van der Waals surface area contributed by atoms with Crippen molar-refractivity contribution in [3.05, 3.63) is 63.7 Å². The van der Waals surface area contributed by atoms with Gasteiger partial charge in [-0.1, -0.05) is 23.8 Å². The maximum atomic E-state index is 12.1. The number of aryl methyl sites for hydroxylation is 1. The Labute approximate surface area is 115 Å². The Hall–Kier alpha value is -2.89. The molecule has 3 N–H and O–H groups in total. The predicted molar refractivity (Wildman–Crippen MR) is 76.6 cm³/mol. The summed E-state index contributed by atoms with van der Waals surface area (Å²) in [6, 6.07) is 11.4. The molecule has 102 valence electrons. The van der Waals surface area contributed by atoms with Crippen molar-refractivity contribution < 1.29 is 9.72 Å².